The standard InChI is InChI=1S/C20H24O6Se/c1-3-24-18(23)20(25-4-2)13-19(17(22)26-20)11-10-15(21)16(12-19)27-14-8-6-5-7-9-14/h5-9,16H,3-4,10-13H2,1-2H3/t16?,19-,20-/m1/s1. The van der Waals surface area contributed by atoms with Crippen LogP contribution in [0.2, 0.25) is 4.82 Å². The molecule has 6 nitrogen and oxygen atoms in total. The van der Waals surface area contributed by atoms with Gasteiger partial charge in [-0.1, -0.05) is 0 Å². The van der Waals surface area contributed by atoms with Crippen molar-refractivity contribution in [3.63, 3.8) is 0 Å². The van der Waals surface area contributed by atoms with E-state index in [-0.39, 0.29) is 45.2 Å². The molecular formula is C20H24O6Se. The molecule has 3 rings (SSSR count). The van der Waals surface area contributed by atoms with Gasteiger partial charge in [0, 0.05) is 0 Å². The zero-order valence-electron chi connectivity index (χ0n) is 15.6. The van der Waals surface area contributed by atoms with Gasteiger partial charge in [-0.05, 0) is 0 Å². The first-order valence-electron chi connectivity index (χ1n) is 9.24. The Bertz CT molecular complexity index is 720. The van der Waals surface area contributed by atoms with Crippen molar-refractivity contribution in [2.45, 2.75) is 50.1 Å². The van der Waals surface area contributed by atoms with Crippen molar-refractivity contribution < 1.29 is 28.6 Å². The van der Waals surface area contributed by atoms with Gasteiger partial charge in [-0.15, -0.1) is 0 Å². The number of rotatable bonds is 6. The molecule has 1 aromatic carbocycles. The second kappa shape index (κ2) is 8.13. The maximum absolute atomic E-state index is 12.8. The average Bonchev–Trinajstić information content (AvgIpc) is 2.92. The summed E-state index contributed by atoms with van der Waals surface area (Å²) in [5.74, 6) is -2.63. The minimum atomic E-state index is -1.69. The van der Waals surface area contributed by atoms with E-state index >= 15 is 0 Å². The first-order valence-corrected chi connectivity index (χ1v) is 11.1. The van der Waals surface area contributed by atoms with Gasteiger partial charge in [0.25, 0.3) is 0 Å². The third-order valence-corrected chi connectivity index (χ3v) is 7.67. The van der Waals surface area contributed by atoms with Crippen molar-refractivity contribution >= 4 is 37.1 Å². The van der Waals surface area contributed by atoms with Gasteiger partial charge in [-0.25, -0.2) is 0 Å². The molecule has 2 fully saturated rings. The van der Waals surface area contributed by atoms with Gasteiger partial charge in [0.2, 0.25) is 0 Å². The number of hydrogen-bond acceptors (Lipinski definition) is 6. The number of ketones is 1. The van der Waals surface area contributed by atoms with Crippen LogP contribution in [-0.2, 0) is 28.6 Å². The van der Waals surface area contributed by atoms with Crippen molar-refractivity contribution in [2.75, 3.05) is 13.2 Å². The molecule has 0 bridgehead atoms. The molecule has 1 saturated heterocycles. The van der Waals surface area contributed by atoms with E-state index in [1.54, 1.807) is 13.8 Å². The molecule has 1 unspecified atom stereocenters. The number of cyclic esters (lactones) is 1. The van der Waals surface area contributed by atoms with Crippen LogP contribution in [0.4, 0.5) is 0 Å². The third kappa shape index (κ3) is 3.96. The van der Waals surface area contributed by atoms with Gasteiger partial charge in [0.15, 0.2) is 0 Å². The summed E-state index contributed by atoms with van der Waals surface area (Å²) < 4.78 is 17.3. The summed E-state index contributed by atoms with van der Waals surface area (Å²) in [5.41, 5.74) is -0.864. The summed E-state index contributed by atoms with van der Waals surface area (Å²) >= 11 is -0.0766. The number of ether oxygens (including phenoxy) is 3. The second-order valence-corrected chi connectivity index (χ2v) is 9.52. The molecular weight excluding hydrogens is 415 g/mol. The number of Topliss-reactive ketones (excluding diaryl/α,β-unsaturated/α-hetero) is 1. The van der Waals surface area contributed by atoms with E-state index in [1.807, 2.05) is 30.3 Å². The van der Waals surface area contributed by atoms with E-state index in [9.17, 15) is 14.4 Å². The summed E-state index contributed by atoms with van der Waals surface area (Å²) in [5, 5.41) is 0. The van der Waals surface area contributed by atoms with Crippen LogP contribution in [-0.4, -0.2) is 51.7 Å². The Balaban J connectivity index is 1.83. The minimum absolute atomic E-state index is 0.0766. The fraction of sp³-hybridized carbons (Fsp3) is 0.550. The first-order chi connectivity index (χ1) is 12.9. The predicted molar refractivity (Wildman–Crippen MR) is 98.6 cm³/mol. The van der Waals surface area contributed by atoms with E-state index in [1.165, 1.54) is 0 Å². The van der Waals surface area contributed by atoms with Crippen molar-refractivity contribution in [1.82, 2.24) is 0 Å². The zero-order chi connectivity index (χ0) is 19.5. The van der Waals surface area contributed by atoms with Crippen LogP contribution in [0.3, 0.4) is 0 Å². The number of carbonyl (C=O) groups excluding carboxylic acids is 3. The summed E-state index contributed by atoms with van der Waals surface area (Å²) in [6.07, 6.45) is 1.22. The van der Waals surface area contributed by atoms with E-state index in [0.29, 0.717) is 19.3 Å². The number of carbonyl (C=O) groups is 3. The Hall–Kier alpha value is -1.69. The van der Waals surface area contributed by atoms with Crippen molar-refractivity contribution in [3.8, 4) is 0 Å². The molecule has 1 heterocycles. The Labute approximate surface area is 165 Å². The summed E-state index contributed by atoms with van der Waals surface area (Å²) in [7, 11) is 0. The van der Waals surface area contributed by atoms with Gasteiger partial charge >= 0.3 is 165 Å². The number of benzene rings is 1. The van der Waals surface area contributed by atoms with Crippen LogP contribution in [0.15, 0.2) is 30.3 Å². The van der Waals surface area contributed by atoms with Gasteiger partial charge in [-0.2, -0.15) is 0 Å². The Morgan fingerprint density at radius 2 is 1.96 bits per heavy atom. The average molecular weight is 439 g/mol. The fourth-order valence-electron chi connectivity index (χ4n) is 3.75. The quantitative estimate of drug-likeness (QED) is 0.497. The molecule has 1 saturated carbocycles. The molecule has 2 aliphatic rings. The van der Waals surface area contributed by atoms with Crippen LogP contribution in [0, 0.1) is 5.41 Å². The first kappa shape index (κ1) is 20.1. The summed E-state index contributed by atoms with van der Waals surface area (Å²) in [4.78, 5) is 37.6. The normalized spacial score (nSPS) is 30.4. The van der Waals surface area contributed by atoms with Crippen LogP contribution in [0.1, 0.15) is 39.5 Å². The second-order valence-electron chi connectivity index (χ2n) is 6.84. The molecule has 1 aliphatic carbocycles. The van der Waals surface area contributed by atoms with Gasteiger partial charge < -0.3 is 0 Å². The molecule has 0 aromatic heterocycles. The SMILES string of the molecule is CCOC(=O)[C@@]1(OCC)C[C@]2(CCC(=O)C([Se]c3ccccc3)C2)C(=O)O1. The van der Waals surface area contributed by atoms with Gasteiger partial charge in [0.05, 0.1) is 0 Å². The van der Waals surface area contributed by atoms with Crippen molar-refractivity contribution in [2.24, 2.45) is 5.41 Å². The molecule has 1 spiro atoms. The molecule has 1 aliphatic heterocycles. The topological polar surface area (TPSA) is 78.9 Å². The van der Waals surface area contributed by atoms with Gasteiger partial charge in [-0.3, -0.25) is 0 Å². The van der Waals surface area contributed by atoms with Gasteiger partial charge in [0.1, 0.15) is 0 Å². The molecule has 1 aromatic rings. The Morgan fingerprint density at radius 3 is 2.63 bits per heavy atom. The van der Waals surface area contributed by atoms with Crippen molar-refractivity contribution in [1.29, 1.82) is 0 Å². The third-order valence-electron chi connectivity index (χ3n) is 5.03. The van der Waals surface area contributed by atoms with Crippen LogP contribution in [0.25, 0.3) is 0 Å². The van der Waals surface area contributed by atoms with E-state index in [0.717, 1.165) is 4.46 Å². The van der Waals surface area contributed by atoms with Crippen LogP contribution >= 0.6 is 0 Å². The van der Waals surface area contributed by atoms with Crippen LogP contribution in [0.5, 0.6) is 0 Å². The maximum atomic E-state index is 12.8. The summed E-state index contributed by atoms with van der Waals surface area (Å²) in [6, 6.07) is 9.85. The molecule has 3 atom stereocenters. The fourth-order valence-corrected chi connectivity index (χ4v) is 6.47. The molecule has 0 radical (unpaired) electrons. The Morgan fingerprint density at radius 1 is 1.22 bits per heavy atom. The van der Waals surface area contributed by atoms with E-state index in [2.05, 4.69) is 0 Å². The zero-order valence-corrected chi connectivity index (χ0v) is 17.3. The van der Waals surface area contributed by atoms with E-state index in [4.69, 9.17) is 14.2 Å². The molecule has 146 valence electrons. The predicted octanol–water partition coefficient (Wildman–Crippen LogP) is 1.79. The molecule has 7 heteroatoms. The molecule has 0 N–H and O–H groups in total. The number of esters is 2. The molecule has 0 amide bonds. The summed E-state index contributed by atoms with van der Waals surface area (Å²) in [6.45, 7) is 3.84. The van der Waals surface area contributed by atoms with E-state index < -0.39 is 23.1 Å². The van der Waals surface area contributed by atoms with Crippen LogP contribution < -0.4 is 4.46 Å². The number of hydrogen-bond donors (Lipinski definition) is 0. The Kier molecular flexibility index (Phi) is 6.04. The monoisotopic (exact) mass is 440 g/mol. The van der Waals surface area contributed by atoms with Crippen molar-refractivity contribution in [3.05, 3.63) is 30.3 Å². The molecule has 27 heavy (non-hydrogen) atoms.